The third kappa shape index (κ3) is 4.63. The van der Waals surface area contributed by atoms with Gasteiger partial charge in [0, 0.05) is 37.0 Å². The highest BCUT2D eigenvalue weighted by Crippen LogP contribution is 2.44. The Morgan fingerprint density at radius 3 is 2.39 bits per heavy atom. The van der Waals surface area contributed by atoms with E-state index in [4.69, 9.17) is 11.5 Å². The van der Waals surface area contributed by atoms with Crippen LogP contribution < -0.4 is 16.4 Å². The van der Waals surface area contributed by atoms with E-state index in [2.05, 4.69) is 22.1 Å². The summed E-state index contributed by atoms with van der Waals surface area (Å²) in [6.07, 6.45) is -2.31. The van der Waals surface area contributed by atoms with Crippen molar-refractivity contribution in [2.24, 2.45) is 22.4 Å². The maximum atomic E-state index is 14.2. The van der Waals surface area contributed by atoms with Crippen molar-refractivity contribution in [2.45, 2.75) is 31.6 Å². The van der Waals surface area contributed by atoms with Crippen LogP contribution in [-0.4, -0.2) is 36.0 Å². The summed E-state index contributed by atoms with van der Waals surface area (Å²) in [5.74, 6) is 0.917. The van der Waals surface area contributed by atoms with Gasteiger partial charge in [0.05, 0.1) is 11.3 Å². The first kappa shape index (κ1) is 24.1. The van der Waals surface area contributed by atoms with E-state index >= 15 is 0 Å². The molecule has 0 spiro atoms. The lowest BCUT2D eigenvalue weighted by Gasteiger charge is -2.35. The van der Waals surface area contributed by atoms with E-state index in [0.29, 0.717) is 30.3 Å². The average molecular weight is 495 g/mol. The van der Waals surface area contributed by atoms with Crippen LogP contribution in [0.3, 0.4) is 0 Å². The molecule has 5 rings (SSSR count). The standard InChI is InChI=1S/C27H29F3N6/c1-35-24(31)19-10-11-21(33-25(19)34-26(35)32)23-20(27(28,29)30)8-5-9-22(23)36-14-12-18(13-15-36)16-17-6-3-2-4-7-17/h2-11,18,24H,12-16,31H2,1H3,(H2,32,33,34). The Morgan fingerprint density at radius 2 is 1.69 bits per heavy atom. The third-order valence-corrected chi connectivity index (χ3v) is 7.15. The van der Waals surface area contributed by atoms with Crippen molar-refractivity contribution in [1.82, 2.24) is 9.88 Å². The summed E-state index contributed by atoms with van der Waals surface area (Å²) >= 11 is 0. The number of nitrogens with two attached hydrogens (primary N) is 2. The monoisotopic (exact) mass is 494 g/mol. The van der Waals surface area contributed by atoms with E-state index < -0.39 is 17.9 Å². The zero-order chi connectivity index (χ0) is 25.4. The van der Waals surface area contributed by atoms with Gasteiger partial charge >= 0.3 is 6.18 Å². The van der Waals surface area contributed by atoms with Gasteiger partial charge in [-0.1, -0.05) is 36.4 Å². The van der Waals surface area contributed by atoms with Gasteiger partial charge < -0.3 is 21.3 Å². The number of halogens is 3. The number of anilines is 1. The largest absolute Gasteiger partial charge is 0.417 e. The van der Waals surface area contributed by atoms with Crippen LogP contribution in [0.5, 0.6) is 0 Å². The minimum atomic E-state index is -4.53. The van der Waals surface area contributed by atoms with Gasteiger partial charge in [0.15, 0.2) is 11.8 Å². The molecule has 0 saturated carbocycles. The molecule has 188 valence electrons. The molecule has 1 fully saturated rings. The number of hydrogen-bond acceptors (Lipinski definition) is 6. The molecule has 36 heavy (non-hydrogen) atoms. The second-order valence-electron chi connectivity index (χ2n) is 9.45. The number of pyridine rings is 1. The fraction of sp³-hybridized carbons (Fsp3) is 0.333. The van der Waals surface area contributed by atoms with E-state index in [9.17, 15) is 13.2 Å². The average Bonchev–Trinajstić information content (AvgIpc) is 2.87. The molecule has 1 aromatic heterocycles. The Kier molecular flexibility index (Phi) is 6.34. The number of aliphatic imine (C=N–C) groups is 1. The highest BCUT2D eigenvalue weighted by molar-refractivity contribution is 5.85. The van der Waals surface area contributed by atoms with Crippen LogP contribution in [0.1, 0.15) is 35.7 Å². The minimum Gasteiger partial charge on any atom is -0.371 e. The molecule has 0 bridgehead atoms. The van der Waals surface area contributed by atoms with Gasteiger partial charge in [-0.15, -0.1) is 0 Å². The Balaban J connectivity index is 1.49. The highest BCUT2D eigenvalue weighted by Gasteiger charge is 2.37. The SMILES string of the molecule is CN1C(N)=Nc2nc(-c3c(N4CCC(Cc5ccccc5)CC4)cccc3C(F)(F)F)ccc2C1N. The highest BCUT2D eigenvalue weighted by atomic mass is 19.4. The van der Waals surface area contributed by atoms with Crippen LogP contribution >= 0.6 is 0 Å². The summed E-state index contributed by atoms with van der Waals surface area (Å²) in [6, 6.07) is 17.9. The number of benzene rings is 2. The first-order chi connectivity index (χ1) is 17.2. The van der Waals surface area contributed by atoms with Crippen molar-refractivity contribution in [1.29, 1.82) is 0 Å². The normalized spacial score (nSPS) is 18.7. The van der Waals surface area contributed by atoms with Gasteiger partial charge in [0.2, 0.25) is 0 Å². The van der Waals surface area contributed by atoms with Crippen LogP contribution in [0.4, 0.5) is 24.7 Å². The maximum Gasteiger partial charge on any atom is 0.417 e. The summed E-state index contributed by atoms with van der Waals surface area (Å²) in [5, 5.41) is 0. The van der Waals surface area contributed by atoms with Gasteiger partial charge in [-0.3, -0.25) is 0 Å². The number of fused-ring (bicyclic) bond motifs is 1. The van der Waals surface area contributed by atoms with E-state index in [1.165, 1.54) is 11.6 Å². The Morgan fingerprint density at radius 1 is 0.972 bits per heavy atom. The Labute approximate surface area is 208 Å². The lowest BCUT2D eigenvalue weighted by atomic mass is 9.89. The topological polar surface area (TPSA) is 83.8 Å². The fourth-order valence-corrected chi connectivity index (χ4v) is 5.09. The first-order valence-electron chi connectivity index (χ1n) is 12.1. The van der Waals surface area contributed by atoms with E-state index in [1.54, 1.807) is 30.1 Å². The fourth-order valence-electron chi connectivity index (χ4n) is 5.09. The second-order valence-corrected chi connectivity index (χ2v) is 9.45. The molecule has 3 heterocycles. The number of piperidine rings is 1. The quantitative estimate of drug-likeness (QED) is 0.529. The van der Waals surface area contributed by atoms with Crippen LogP contribution in [-0.2, 0) is 12.6 Å². The van der Waals surface area contributed by atoms with Crippen LogP contribution in [0.2, 0.25) is 0 Å². The van der Waals surface area contributed by atoms with Gasteiger partial charge in [-0.05, 0) is 55.0 Å². The van der Waals surface area contributed by atoms with E-state index in [0.717, 1.165) is 25.3 Å². The zero-order valence-corrected chi connectivity index (χ0v) is 20.0. The number of guanidine groups is 1. The van der Waals surface area contributed by atoms with Gasteiger partial charge in [-0.2, -0.15) is 18.2 Å². The van der Waals surface area contributed by atoms with Gasteiger partial charge in [0.25, 0.3) is 0 Å². The minimum absolute atomic E-state index is 0.0654. The summed E-state index contributed by atoms with van der Waals surface area (Å²) < 4.78 is 42.5. The molecule has 4 N–H and O–H groups in total. The van der Waals surface area contributed by atoms with Crippen LogP contribution in [0, 0.1) is 5.92 Å². The Hall–Kier alpha value is -3.59. The Bertz CT molecular complexity index is 1270. The van der Waals surface area contributed by atoms with Crippen molar-refractivity contribution in [3.8, 4) is 11.3 Å². The second kappa shape index (κ2) is 9.46. The smallest absolute Gasteiger partial charge is 0.371 e. The number of nitrogens with zero attached hydrogens (tertiary/aromatic N) is 4. The molecular weight excluding hydrogens is 465 g/mol. The van der Waals surface area contributed by atoms with Crippen molar-refractivity contribution in [2.75, 3.05) is 25.0 Å². The molecule has 1 atom stereocenters. The van der Waals surface area contributed by atoms with Crippen LogP contribution in [0.15, 0.2) is 65.7 Å². The molecular formula is C27H29F3N6. The predicted molar refractivity (Wildman–Crippen MR) is 136 cm³/mol. The number of rotatable bonds is 4. The van der Waals surface area contributed by atoms with Gasteiger partial charge in [0.1, 0.15) is 6.17 Å². The molecule has 1 unspecified atom stereocenters. The first-order valence-corrected chi connectivity index (χ1v) is 12.1. The maximum absolute atomic E-state index is 14.2. The van der Waals surface area contributed by atoms with Crippen molar-refractivity contribution >= 4 is 17.5 Å². The van der Waals surface area contributed by atoms with Crippen molar-refractivity contribution < 1.29 is 13.2 Å². The van der Waals surface area contributed by atoms with Crippen molar-refractivity contribution in [3.05, 3.63) is 77.4 Å². The lowest BCUT2D eigenvalue weighted by molar-refractivity contribution is -0.137. The molecule has 0 radical (unpaired) electrons. The summed E-state index contributed by atoms with van der Waals surface area (Å²) in [6.45, 7) is 1.36. The lowest BCUT2D eigenvalue weighted by Crippen LogP contribution is -2.43. The molecule has 9 heteroatoms. The van der Waals surface area contributed by atoms with E-state index in [-0.39, 0.29) is 23.0 Å². The number of hydrogen-bond donors (Lipinski definition) is 2. The van der Waals surface area contributed by atoms with Crippen LogP contribution in [0.25, 0.3) is 11.3 Å². The molecule has 3 aromatic rings. The number of alkyl halides is 3. The molecule has 6 nitrogen and oxygen atoms in total. The zero-order valence-electron chi connectivity index (χ0n) is 20.0. The molecule has 0 amide bonds. The summed E-state index contributed by atoms with van der Waals surface area (Å²) in [7, 11) is 1.71. The van der Waals surface area contributed by atoms with Crippen molar-refractivity contribution in [3.63, 3.8) is 0 Å². The molecule has 2 aromatic carbocycles. The summed E-state index contributed by atoms with van der Waals surface area (Å²) in [4.78, 5) is 12.4. The molecule has 2 aliphatic rings. The summed E-state index contributed by atoms with van der Waals surface area (Å²) in [5.41, 5.74) is 14.2. The number of aromatic nitrogens is 1. The molecule has 0 aliphatic carbocycles. The molecule has 1 saturated heterocycles. The molecule has 2 aliphatic heterocycles. The third-order valence-electron chi connectivity index (χ3n) is 7.15. The predicted octanol–water partition coefficient (Wildman–Crippen LogP) is 5.08. The van der Waals surface area contributed by atoms with Gasteiger partial charge in [-0.25, -0.2) is 4.98 Å². The van der Waals surface area contributed by atoms with E-state index in [1.807, 2.05) is 23.1 Å².